The third kappa shape index (κ3) is 7.84. The maximum atomic E-state index is 12.2. The number of carbonyl (C=O) groups excluding carboxylic acids is 2. The summed E-state index contributed by atoms with van der Waals surface area (Å²) in [6, 6.07) is 10.8. The fraction of sp³-hybridized carbons (Fsp3) is 0.300. The van der Waals surface area contributed by atoms with Crippen molar-refractivity contribution in [1.82, 2.24) is 10.2 Å². The molecule has 2 amide bonds. The van der Waals surface area contributed by atoms with Crippen LogP contribution in [0.5, 0.6) is 11.5 Å². The Balaban J connectivity index is 1.77. The third-order valence-electron chi connectivity index (χ3n) is 3.90. The summed E-state index contributed by atoms with van der Waals surface area (Å²) >= 11 is 5.94. The van der Waals surface area contributed by atoms with E-state index in [0.29, 0.717) is 16.5 Å². The highest BCUT2D eigenvalue weighted by Crippen LogP contribution is 2.27. The SMILES string of the molecule is COc1ccc(Cl)cc1NC(=O)CN(C)CC(=O)NCc1ccc(OC(F)F)cc1. The molecule has 2 aromatic carbocycles. The number of amides is 2. The number of anilines is 1. The van der Waals surface area contributed by atoms with E-state index in [2.05, 4.69) is 15.4 Å². The van der Waals surface area contributed by atoms with Gasteiger partial charge in [0.05, 0.1) is 25.9 Å². The predicted molar refractivity (Wildman–Crippen MR) is 109 cm³/mol. The average molecular weight is 442 g/mol. The van der Waals surface area contributed by atoms with Gasteiger partial charge in [-0.2, -0.15) is 8.78 Å². The van der Waals surface area contributed by atoms with Crippen LogP contribution in [0.4, 0.5) is 14.5 Å². The number of hydrogen-bond donors (Lipinski definition) is 2. The lowest BCUT2D eigenvalue weighted by molar-refractivity contribution is -0.123. The molecule has 0 aliphatic carbocycles. The molecule has 0 fully saturated rings. The number of alkyl halides is 2. The van der Waals surface area contributed by atoms with Gasteiger partial charge in [-0.1, -0.05) is 23.7 Å². The van der Waals surface area contributed by atoms with Gasteiger partial charge in [0.2, 0.25) is 11.8 Å². The first-order chi connectivity index (χ1) is 14.3. The van der Waals surface area contributed by atoms with Crippen molar-refractivity contribution in [2.45, 2.75) is 13.2 Å². The Morgan fingerprint density at radius 2 is 1.77 bits per heavy atom. The standard InChI is InChI=1S/C20H22ClF2N3O4/c1-26(12-19(28)25-16-9-14(21)5-8-17(16)29-2)11-18(27)24-10-13-3-6-15(7-4-13)30-20(22)23/h3-9,20H,10-12H2,1-2H3,(H,24,27)(H,25,28). The second kappa shape index (κ2) is 11.3. The van der Waals surface area contributed by atoms with Crippen LogP contribution in [0, 0.1) is 0 Å². The van der Waals surface area contributed by atoms with E-state index in [1.165, 1.54) is 19.2 Å². The summed E-state index contributed by atoms with van der Waals surface area (Å²) < 4.78 is 33.7. The molecule has 7 nitrogen and oxygen atoms in total. The second-order valence-electron chi connectivity index (χ2n) is 6.36. The Labute approximate surface area is 177 Å². The molecular weight excluding hydrogens is 420 g/mol. The van der Waals surface area contributed by atoms with Crippen LogP contribution in [0.15, 0.2) is 42.5 Å². The maximum Gasteiger partial charge on any atom is 0.387 e. The minimum absolute atomic E-state index is 0.00726. The number of carbonyl (C=O) groups is 2. The topological polar surface area (TPSA) is 79.9 Å². The van der Waals surface area contributed by atoms with Gasteiger partial charge in [0.25, 0.3) is 0 Å². The van der Waals surface area contributed by atoms with E-state index in [0.717, 1.165) is 5.56 Å². The van der Waals surface area contributed by atoms with Gasteiger partial charge in [0.15, 0.2) is 0 Å². The highest BCUT2D eigenvalue weighted by molar-refractivity contribution is 6.31. The Morgan fingerprint density at radius 1 is 1.10 bits per heavy atom. The molecule has 10 heteroatoms. The summed E-state index contributed by atoms with van der Waals surface area (Å²) in [7, 11) is 3.11. The molecule has 2 rings (SSSR count). The quantitative estimate of drug-likeness (QED) is 0.592. The zero-order valence-corrected chi connectivity index (χ0v) is 17.2. The third-order valence-corrected chi connectivity index (χ3v) is 4.14. The molecule has 0 heterocycles. The van der Waals surface area contributed by atoms with E-state index in [9.17, 15) is 18.4 Å². The van der Waals surface area contributed by atoms with Gasteiger partial charge in [-0.3, -0.25) is 14.5 Å². The minimum Gasteiger partial charge on any atom is -0.495 e. The van der Waals surface area contributed by atoms with Crippen LogP contribution in [0.2, 0.25) is 5.02 Å². The number of hydrogen-bond acceptors (Lipinski definition) is 5. The van der Waals surface area contributed by atoms with E-state index in [1.54, 1.807) is 42.3 Å². The molecule has 0 aromatic heterocycles. The van der Waals surface area contributed by atoms with Gasteiger partial charge in [-0.05, 0) is 42.9 Å². The van der Waals surface area contributed by atoms with E-state index < -0.39 is 6.61 Å². The van der Waals surface area contributed by atoms with E-state index in [-0.39, 0.29) is 37.2 Å². The second-order valence-corrected chi connectivity index (χ2v) is 6.80. The normalized spacial score (nSPS) is 10.8. The Hall–Kier alpha value is -2.91. The lowest BCUT2D eigenvalue weighted by Gasteiger charge is -2.17. The molecule has 162 valence electrons. The Morgan fingerprint density at radius 3 is 2.40 bits per heavy atom. The van der Waals surface area contributed by atoms with Gasteiger partial charge >= 0.3 is 6.61 Å². The van der Waals surface area contributed by atoms with E-state index in [1.807, 2.05) is 0 Å². The summed E-state index contributed by atoms with van der Waals surface area (Å²) in [6.45, 7) is -2.70. The van der Waals surface area contributed by atoms with Crippen LogP contribution in [-0.2, 0) is 16.1 Å². The molecule has 0 unspecified atom stereocenters. The Bertz CT molecular complexity index is 866. The summed E-state index contributed by atoms with van der Waals surface area (Å²) in [5.74, 6) is -0.112. The van der Waals surface area contributed by atoms with Crippen molar-refractivity contribution in [3.05, 3.63) is 53.1 Å². The largest absolute Gasteiger partial charge is 0.495 e. The van der Waals surface area contributed by atoms with Gasteiger partial charge in [0, 0.05) is 11.6 Å². The zero-order valence-electron chi connectivity index (χ0n) is 16.5. The summed E-state index contributed by atoms with van der Waals surface area (Å²) in [5.41, 5.74) is 1.16. The van der Waals surface area contributed by atoms with Crippen LogP contribution in [0.3, 0.4) is 0 Å². The minimum atomic E-state index is -2.89. The molecule has 0 bridgehead atoms. The average Bonchev–Trinajstić information content (AvgIpc) is 2.67. The van der Waals surface area contributed by atoms with Crippen molar-refractivity contribution < 1.29 is 27.8 Å². The Kier molecular flexibility index (Phi) is 8.82. The molecule has 0 aliphatic heterocycles. The van der Waals surface area contributed by atoms with Crippen molar-refractivity contribution in [2.75, 3.05) is 32.6 Å². The number of ether oxygens (including phenoxy) is 2. The van der Waals surface area contributed by atoms with Gasteiger partial charge in [0.1, 0.15) is 11.5 Å². The molecule has 0 radical (unpaired) electrons. The first kappa shape index (κ1) is 23.4. The molecule has 0 aliphatic rings. The predicted octanol–water partition coefficient (Wildman–Crippen LogP) is 3.14. The highest BCUT2D eigenvalue weighted by Gasteiger charge is 2.13. The number of methoxy groups -OCH3 is 1. The first-order valence-corrected chi connectivity index (χ1v) is 9.27. The summed E-state index contributed by atoms with van der Waals surface area (Å²) in [5, 5.41) is 5.85. The number of rotatable bonds is 10. The van der Waals surface area contributed by atoms with Crippen molar-refractivity contribution in [3.8, 4) is 11.5 Å². The van der Waals surface area contributed by atoms with Gasteiger partial charge in [-0.25, -0.2) is 0 Å². The number of likely N-dealkylation sites (N-methyl/N-ethyl adjacent to an activating group) is 1. The zero-order chi connectivity index (χ0) is 22.1. The number of nitrogens with zero attached hydrogens (tertiary/aromatic N) is 1. The fourth-order valence-electron chi connectivity index (χ4n) is 2.56. The van der Waals surface area contributed by atoms with Crippen LogP contribution in [0.1, 0.15) is 5.56 Å². The molecule has 0 saturated heterocycles. The molecule has 0 saturated carbocycles. The molecule has 2 N–H and O–H groups in total. The molecule has 0 atom stereocenters. The maximum absolute atomic E-state index is 12.2. The van der Waals surface area contributed by atoms with Crippen molar-refractivity contribution >= 4 is 29.1 Å². The number of nitrogens with one attached hydrogen (secondary N) is 2. The van der Waals surface area contributed by atoms with Crippen molar-refractivity contribution in [2.24, 2.45) is 0 Å². The molecule has 2 aromatic rings. The summed E-state index contributed by atoms with van der Waals surface area (Å²) in [4.78, 5) is 25.8. The monoisotopic (exact) mass is 441 g/mol. The van der Waals surface area contributed by atoms with Gasteiger partial charge < -0.3 is 20.1 Å². The highest BCUT2D eigenvalue weighted by atomic mass is 35.5. The first-order valence-electron chi connectivity index (χ1n) is 8.89. The summed E-state index contributed by atoms with van der Waals surface area (Å²) in [6.07, 6.45) is 0. The van der Waals surface area contributed by atoms with Crippen LogP contribution in [-0.4, -0.2) is 50.6 Å². The lowest BCUT2D eigenvalue weighted by atomic mass is 10.2. The fourth-order valence-corrected chi connectivity index (χ4v) is 2.73. The van der Waals surface area contributed by atoms with E-state index in [4.69, 9.17) is 16.3 Å². The van der Waals surface area contributed by atoms with E-state index >= 15 is 0 Å². The van der Waals surface area contributed by atoms with Crippen LogP contribution in [0.25, 0.3) is 0 Å². The molecular formula is C20H22ClF2N3O4. The lowest BCUT2D eigenvalue weighted by Crippen LogP contribution is -2.38. The number of halogens is 3. The smallest absolute Gasteiger partial charge is 0.387 e. The van der Waals surface area contributed by atoms with Crippen LogP contribution < -0.4 is 20.1 Å². The molecule has 30 heavy (non-hydrogen) atoms. The van der Waals surface area contributed by atoms with Crippen molar-refractivity contribution in [1.29, 1.82) is 0 Å². The van der Waals surface area contributed by atoms with Gasteiger partial charge in [-0.15, -0.1) is 0 Å². The van der Waals surface area contributed by atoms with Crippen LogP contribution >= 0.6 is 11.6 Å². The van der Waals surface area contributed by atoms with Crippen molar-refractivity contribution in [3.63, 3.8) is 0 Å². The number of benzene rings is 2. The molecule has 0 spiro atoms.